The number of nitrogens with zero attached hydrogens (tertiary/aromatic N) is 1. The number of aromatic nitrogens is 2. The van der Waals surface area contributed by atoms with Crippen LogP contribution in [0.1, 0.15) is 12.5 Å². The standard InChI is InChI=1S/C11H14BrN3/c1-7(6-13)4-8-2-3-10-9(5-8)11(12)15-14-10/h2-3,5,7H,4,6,13H2,1H3,(H,14,15). The van der Waals surface area contributed by atoms with Crippen LogP contribution in [0.15, 0.2) is 22.8 Å². The van der Waals surface area contributed by atoms with Crippen molar-refractivity contribution in [3.05, 3.63) is 28.4 Å². The molecule has 2 rings (SSSR count). The molecule has 1 aromatic carbocycles. The van der Waals surface area contributed by atoms with E-state index >= 15 is 0 Å². The molecule has 3 nitrogen and oxygen atoms in total. The molecule has 0 saturated heterocycles. The van der Waals surface area contributed by atoms with E-state index in [0.29, 0.717) is 5.92 Å². The van der Waals surface area contributed by atoms with Crippen LogP contribution >= 0.6 is 15.9 Å². The largest absolute Gasteiger partial charge is 0.330 e. The van der Waals surface area contributed by atoms with Crippen LogP contribution in [0.2, 0.25) is 0 Å². The second-order valence-corrected chi connectivity index (χ2v) is 4.73. The third kappa shape index (κ3) is 2.21. The first-order valence-corrected chi connectivity index (χ1v) is 5.82. The van der Waals surface area contributed by atoms with Crippen LogP contribution in [-0.2, 0) is 6.42 Å². The summed E-state index contributed by atoms with van der Waals surface area (Å²) in [4.78, 5) is 0. The summed E-state index contributed by atoms with van der Waals surface area (Å²) in [5, 5.41) is 8.21. The molecule has 80 valence electrons. The highest BCUT2D eigenvalue weighted by atomic mass is 79.9. The van der Waals surface area contributed by atoms with Crippen molar-refractivity contribution < 1.29 is 0 Å². The smallest absolute Gasteiger partial charge is 0.108 e. The highest BCUT2D eigenvalue weighted by molar-refractivity contribution is 9.10. The number of halogens is 1. The van der Waals surface area contributed by atoms with Crippen LogP contribution in [0.4, 0.5) is 0 Å². The van der Waals surface area contributed by atoms with Gasteiger partial charge in [-0.1, -0.05) is 13.0 Å². The zero-order valence-electron chi connectivity index (χ0n) is 8.63. The lowest BCUT2D eigenvalue weighted by atomic mass is 10.0. The van der Waals surface area contributed by atoms with Crippen molar-refractivity contribution in [2.24, 2.45) is 11.7 Å². The average molecular weight is 268 g/mol. The van der Waals surface area contributed by atoms with E-state index < -0.39 is 0 Å². The highest BCUT2D eigenvalue weighted by Gasteiger charge is 2.06. The molecule has 1 heterocycles. The Morgan fingerprint density at radius 1 is 1.53 bits per heavy atom. The van der Waals surface area contributed by atoms with Gasteiger partial charge in [0.2, 0.25) is 0 Å². The van der Waals surface area contributed by atoms with Crippen LogP contribution in [0.25, 0.3) is 10.9 Å². The summed E-state index contributed by atoms with van der Waals surface area (Å²) in [6.07, 6.45) is 1.02. The quantitative estimate of drug-likeness (QED) is 0.898. The van der Waals surface area contributed by atoms with E-state index in [4.69, 9.17) is 5.73 Å². The Labute approximate surface area is 97.2 Å². The topological polar surface area (TPSA) is 54.7 Å². The Morgan fingerprint density at radius 3 is 3.07 bits per heavy atom. The molecule has 3 N–H and O–H groups in total. The van der Waals surface area contributed by atoms with E-state index in [1.165, 1.54) is 5.56 Å². The maximum atomic E-state index is 5.61. The SMILES string of the molecule is CC(CN)Cc1ccc2n[nH]c(Br)c2c1. The minimum Gasteiger partial charge on any atom is -0.330 e. The minimum absolute atomic E-state index is 0.521. The second-order valence-electron chi connectivity index (χ2n) is 3.93. The number of hydrogen-bond acceptors (Lipinski definition) is 2. The first kappa shape index (κ1) is 10.6. The molecule has 0 amide bonds. The van der Waals surface area contributed by atoms with E-state index in [-0.39, 0.29) is 0 Å². The average Bonchev–Trinajstić information content (AvgIpc) is 2.60. The van der Waals surface area contributed by atoms with Crippen molar-refractivity contribution >= 4 is 26.8 Å². The summed E-state index contributed by atoms with van der Waals surface area (Å²) in [7, 11) is 0. The van der Waals surface area contributed by atoms with E-state index in [1.807, 2.05) is 6.07 Å². The van der Waals surface area contributed by atoms with Crippen molar-refractivity contribution in [1.29, 1.82) is 0 Å². The van der Waals surface area contributed by atoms with E-state index in [2.05, 4.69) is 45.2 Å². The Bertz CT molecular complexity index is 464. The van der Waals surface area contributed by atoms with Crippen LogP contribution in [0, 0.1) is 5.92 Å². The molecular formula is C11H14BrN3. The molecule has 0 aliphatic heterocycles. The second kappa shape index (κ2) is 4.33. The van der Waals surface area contributed by atoms with Crippen molar-refractivity contribution in [3.8, 4) is 0 Å². The molecule has 1 unspecified atom stereocenters. The number of nitrogens with one attached hydrogen (secondary N) is 1. The number of rotatable bonds is 3. The lowest BCUT2D eigenvalue weighted by Gasteiger charge is -2.07. The van der Waals surface area contributed by atoms with Gasteiger partial charge in [-0.05, 0) is 52.5 Å². The molecule has 1 aromatic heterocycles. The van der Waals surface area contributed by atoms with E-state index in [1.54, 1.807) is 0 Å². The summed E-state index contributed by atoms with van der Waals surface area (Å²) in [5.41, 5.74) is 7.91. The normalized spacial score (nSPS) is 13.3. The van der Waals surface area contributed by atoms with Gasteiger partial charge in [-0.25, -0.2) is 0 Å². The van der Waals surface area contributed by atoms with Crippen LogP contribution in [-0.4, -0.2) is 16.7 Å². The van der Waals surface area contributed by atoms with Gasteiger partial charge >= 0.3 is 0 Å². The zero-order valence-corrected chi connectivity index (χ0v) is 10.2. The first-order chi connectivity index (χ1) is 7.20. The third-order valence-electron chi connectivity index (χ3n) is 2.56. The lowest BCUT2D eigenvalue weighted by Crippen LogP contribution is -2.12. The number of hydrogen-bond donors (Lipinski definition) is 2. The highest BCUT2D eigenvalue weighted by Crippen LogP contribution is 2.22. The molecule has 0 spiro atoms. The maximum absolute atomic E-state index is 5.61. The van der Waals surface area contributed by atoms with Gasteiger partial charge in [0.05, 0.1) is 5.52 Å². The molecule has 0 saturated carbocycles. The molecule has 1 atom stereocenters. The van der Waals surface area contributed by atoms with Gasteiger partial charge in [-0.2, -0.15) is 5.10 Å². The predicted octanol–water partition coefficient (Wildman–Crippen LogP) is 2.46. The van der Waals surface area contributed by atoms with Gasteiger partial charge in [0.1, 0.15) is 4.60 Å². The molecule has 4 heteroatoms. The number of H-pyrrole nitrogens is 1. The van der Waals surface area contributed by atoms with Crippen molar-refractivity contribution in [1.82, 2.24) is 10.2 Å². The fraction of sp³-hybridized carbons (Fsp3) is 0.364. The molecule has 0 fully saturated rings. The van der Waals surface area contributed by atoms with Crippen molar-refractivity contribution in [2.75, 3.05) is 6.54 Å². The third-order valence-corrected chi connectivity index (χ3v) is 3.16. The Morgan fingerprint density at radius 2 is 2.33 bits per heavy atom. The monoisotopic (exact) mass is 267 g/mol. The maximum Gasteiger partial charge on any atom is 0.108 e. The van der Waals surface area contributed by atoms with Gasteiger partial charge < -0.3 is 5.73 Å². The van der Waals surface area contributed by atoms with E-state index in [9.17, 15) is 0 Å². The summed E-state index contributed by atoms with van der Waals surface area (Å²) < 4.78 is 0.944. The van der Waals surface area contributed by atoms with E-state index in [0.717, 1.165) is 28.5 Å². The summed E-state index contributed by atoms with van der Waals surface area (Å²) in [6, 6.07) is 6.31. The molecule has 0 aliphatic carbocycles. The first-order valence-electron chi connectivity index (χ1n) is 5.03. The van der Waals surface area contributed by atoms with Crippen LogP contribution in [0.3, 0.4) is 0 Å². The number of nitrogens with two attached hydrogens (primary N) is 1. The molecular weight excluding hydrogens is 254 g/mol. The van der Waals surface area contributed by atoms with Gasteiger partial charge in [-0.15, -0.1) is 0 Å². The molecule has 0 radical (unpaired) electrons. The fourth-order valence-corrected chi connectivity index (χ4v) is 2.04. The number of aromatic amines is 1. The molecule has 0 aliphatic rings. The Kier molecular flexibility index (Phi) is 3.07. The van der Waals surface area contributed by atoms with Gasteiger partial charge in [-0.3, -0.25) is 5.10 Å². The summed E-state index contributed by atoms with van der Waals surface area (Å²) in [5.74, 6) is 0.521. The Balaban J connectivity index is 2.33. The molecule has 2 aromatic rings. The molecule has 0 bridgehead atoms. The summed E-state index contributed by atoms with van der Waals surface area (Å²) in [6.45, 7) is 2.89. The van der Waals surface area contributed by atoms with Crippen molar-refractivity contribution in [2.45, 2.75) is 13.3 Å². The number of fused-ring (bicyclic) bond motifs is 1. The fourth-order valence-electron chi connectivity index (χ4n) is 1.64. The van der Waals surface area contributed by atoms with Crippen LogP contribution in [0.5, 0.6) is 0 Å². The minimum atomic E-state index is 0.521. The zero-order chi connectivity index (χ0) is 10.8. The van der Waals surface area contributed by atoms with Crippen molar-refractivity contribution in [3.63, 3.8) is 0 Å². The van der Waals surface area contributed by atoms with Gasteiger partial charge in [0.25, 0.3) is 0 Å². The molecule has 15 heavy (non-hydrogen) atoms. The van der Waals surface area contributed by atoms with Crippen LogP contribution < -0.4 is 5.73 Å². The summed E-state index contributed by atoms with van der Waals surface area (Å²) >= 11 is 3.44. The van der Waals surface area contributed by atoms with Gasteiger partial charge in [0, 0.05) is 5.39 Å². The van der Waals surface area contributed by atoms with Gasteiger partial charge in [0.15, 0.2) is 0 Å². The lowest BCUT2D eigenvalue weighted by molar-refractivity contribution is 0.593. The Hall–Kier alpha value is -0.870. The number of benzene rings is 1. The predicted molar refractivity (Wildman–Crippen MR) is 65.7 cm³/mol.